The normalized spacial score (nSPS) is 22.9. The summed E-state index contributed by atoms with van der Waals surface area (Å²) in [5, 5.41) is 5.86. The van der Waals surface area contributed by atoms with Gasteiger partial charge in [0.25, 0.3) is 5.91 Å². The molecule has 3 aliphatic heterocycles. The summed E-state index contributed by atoms with van der Waals surface area (Å²) in [4.78, 5) is 30.2. The van der Waals surface area contributed by atoms with Gasteiger partial charge in [-0.3, -0.25) is 14.5 Å². The third-order valence-electron chi connectivity index (χ3n) is 6.18. The van der Waals surface area contributed by atoms with E-state index in [1.54, 1.807) is 0 Å². The van der Waals surface area contributed by atoms with Gasteiger partial charge in [0.1, 0.15) is 0 Å². The van der Waals surface area contributed by atoms with E-state index >= 15 is 0 Å². The number of hydrogen-bond donors (Lipinski definition) is 3. The predicted octanol–water partition coefficient (Wildman–Crippen LogP) is 2.02. The van der Waals surface area contributed by atoms with Crippen molar-refractivity contribution in [1.82, 2.24) is 15.2 Å². The summed E-state index contributed by atoms with van der Waals surface area (Å²) >= 11 is 0. The van der Waals surface area contributed by atoms with Crippen LogP contribution in [0.25, 0.3) is 11.6 Å². The van der Waals surface area contributed by atoms with Crippen molar-refractivity contribution in [3.63, 3.8) is 0 Å². The van der Waals surface area contributed by atoms with Gasteiger partial charge in [0, 0.05) is 61.3 Å². The molecule has 0 saturated carbocycles. The first-order valence-electron chi connectivity index (χ1n) is 10.6. The van der Waals surface area contributed by atoms with Crippen LogP contribution in [-0.4, -0.2) is 54.5 Å². The SMILES string of the molecule is O=C1Nc2ccc(CC3CCNC3=O)cc2/C1=C/c1c[nH]cc1CN1CCOCC1. The molecule has 1 atom stereocenters. The van der Waals surface area contributed by atoms with Gasteiger partial charge in [0.2, 0.25) is 5.91 Å². The molecule has 2 aromatic rings. The summed E-state index contributed by atoms with van der Waals surface area (Å²) in [6.07, 6.45) is 7.49. The number of rotatable bonds is 5. The summed E-state index contributed by atoms with van der Waals surface area (Å²) in [6.45, 7) is 4.94. The van der Waals surface area contributed by atoms with Gasteiger partial charge >= 0.3 is 0 Å². The van der Waals surface area contributed by atoms with Gasteiger partial charge in [-0.25, -0.2) is 0 Å². The number of amides is 2. The lowest BCUT2D eigenvalue weighted by Gasteiger charge is -2.26. The molecule has 1 aromatic carbocycles. The Morgan fingerprint density at radius 3 is 2.83 bits per heavy atom. The zero-order valence-electron chi connectivity index (χ0n) is 16.9. The second-order valence-electron chi connectivity index (χ2n) is 8.20. The fraction of sp³-hybridized carbons (Fsp3) is 0.391. The lowest BCUT2D eigenvalue weighted by molar-refractivity contribution is -0.122. The first-order chi connectivity index (χ1) is 14.7. The van der Waals surface area contributed by atoms with Crippen LogP contribution in [0.4, 0.5) is 5.69 Å². The zero-order valence-corrected chi connectivity index (χ0v) is 16.9. The molecular formula is C23H26N4O3. The number of aromatic amines is 1. The molecule has 2 amide bonds. The average molecular weight is 406 g/mol. The summed E-state index contributed by atoms with van der Waals surface area (Å²) < 4.78 is 5.44. The Labute approximate surface area is 175 Å². The van der Waals surface area contributed by atoms with Crippen LogP contribution in [0, 0.1) is 5.92 Å². The van der Waals surface area contributed by atoms with Crippen molar-refractivity contribution in [3.8, 4) is 0 Å². The van der Waals surface area contributed by atoms with E-state index < -0.39 is 0 Å². The molecule has 30 heavy (non-hydrogen) atoms. The van der Waals surface area contributed by atoms with E-state index in [0.717, 1.165) is 68.2 Å². The largest absolute Gasteiger partial charge is 0.379 e. The number of nitrogens with one attached hydrogen (secondary N) is 3. The lowest BCUT2D eigenvalue weighted by atomic mass is 9.94. The summed E-state index contributed by atoms with van der Waals surface area (Å²) in [6, 6.07) is 6.01. The van der Waals surface area contributed by atoms with Crippen LogP contribution in [0.1, 0.15) is 28.7 Å². The van der Waals surface area contributed by atoms with Gasteiger partial charge in [-0.1, -0.05) is 6.07 Å². The van der Waals surface area contributed by atoms with Crippen LogP contribution < -0.4 is 10.6 Å². The van der Waals surface area contributed by atoms with Crippen molar-refractivity contribution >= 4 is 29.2 Å². The number of H-pyrrole nitrogens is 1. The van der Waals surface area contributed by atoms with Crippen LogP contribution in [0.2, 0.25) is 0 Å². The number of hydrogen-bond acceptors (Lipinski definition) is 4. The van der Waals surface area contributed by atoms with Crippen molar-refractivity contribution < 1.29 is 14.3 Å². The maximum Gasteiger partial charge on any atom is 0.256 e. The second-order valence-corrected chi connectivity index (χ2v) is 8.20. The zero-order chi connectivity index (χ0) is 20.5. The second kappa shape index (κ2) is 8.08. The Kier molecular flexibility index (Phi) is 5.14. The molecule has 7 nitrogen and oxygen atoms in total. The Hall–Kier alpha value is -2.90. The number of carbonyl (C=O) groups is 2. The van der Waals surface area contributed by atoms with E-state index in [0.29, 0.717) is 12.0 Å². The molecule has 1 unspecified atom stereocenters. The van der Waals surface area contributed by atoms with Crippen LogP contribution in [-0.2, 0) is 27.3 Å². The molecule has 3 aliphatic rings. The van der Waals surface area contributed by atoms with Crippen LogP contribution in [0.3, 0.4) is 0 Å². The van der Waals surface area contributed by atoms with Gasteiger partial charge in [-0.05, 0) is 47.7 Å². The van der Waals surface area contributed by atoms with Crippen molar-refractivity contribution in [1.29, 1.82) is 0 Å². The topological polar surface area (TPSA) is 86.5 Å². The summed E-state index contributed by atoms with van der Waals surface area (Å²) in [5.74, 6) is 0.0603. The number of anilines is 1. The monoisotopic (exact) mass is 406 g/mol. The molecule has 0 spiro atoms. The van der Waals surface area contributed by atoms with E-state index in [2.05, 4.69) is 26.6 Å². The average Bonchev–Trinajstić information content (AvgIpc) is 3.44. The fourth-order valence-corrected chi connectivity index (χ4v) is 4.46. The number of morpholine rings is 1. The van der Waals surface area contributed by atoms with Gasteiger partial charge in [0.15, 0.2) is 0 Å². The highest BCUT2D eigenvalue weighted by Gasteiger charge is 2.27. The number of ether oxygens (including phenoxy) is 1. The van der Waals surface area contributed by atoms with E-state index in [-0.39, 0.29) is 17.7 Å². The molecule has 3 N–H and O–H groups in total. The number of benzene rings is 1. The third kappa shape index (κ3) is 3.78. The summed E-state index contributed by atoms with van der Waals surface area (Å²) in [5.41, 5.74) is 5.70. The molecule has 5 rings (SSSR count). The van der Waals surface area contributed by atoms with Crippen molar-refractivity contribution in [2.75, 3.05) is 38.2 Å². The molecule has 2 saturated heterocycles. The third-order valence-corrected chi connectivity index (χ3v) is 6.18. The minimum Gasteiger partial charge on any atom is -0.379 e. The molecule has 4 heterocycles. The lowest BCUT2D eigenvalue weighted by Crippen LogP contribution is -2.35. The maximum atomic E-state index is 12.7. The van der Waals surface area contributed by atoms with E-state index in [9.17, 15) is 9.59 Å². The molecule has 7 heteroatoms. The minimum absolute atomic E-state index is 0.0188. The van der Waals surface area contributed by atoms with Crippen molar-refractivity contribution in [2.24, 2.45) is 5.92 Å². The summed E-state index contributed by atoms with van der Waals surface area (Å²) in [7, 11) is 0. The predicted molar refractivity (Wildman–Crippen MR) is 115 cm³/mol. The van der Waals surface area contributed by atoms with Crippen molar-refractivity contribution in [3.05, 3.63) is 52.8 Å². The van der Waals surface area contributed by atoms with Crippen molar-refractivity contribution in [2.45, 2.75) is 19.4 Å². The molecular weight excluding hydrogens is 380 g/mol. The highest BCUT2D eigenvalue weighted by Crippen LogP contribution is 2.35. The standard InChI is InChI=1S/C23H26N4O3/c28-22-16(3-4-25-22)9-15-1-2-21-19(10-15)20(23(29)26-21)11-17-12-24-13-18(17)14-27-5-7-30-8-6-27/h1-2,10-13,16,24H,3-9,14H2,(H,25,28)(H,26,29)/b20-11-. The van der Waals surface area contributed by atoms with Gasteiger partial charge in [0.05, 0.1) is 13.2 Å². The van der Waals surface area contributed by atoms with Crippen LogP contribution in [0.15, 0.2) is 30.6 Å². The quantitative estimate of drug-likeness (QED) is 0.663. The van der Waals surface area contributed by atoms with Crippen LogP contribution in [0.5, 0.6) is 0 Å². The maximum absolute atomic E-state index is 12.7. The van der Waals surface area contributed by atoms with Crippen LogP contribution >= 0.6 is 0 Å². The smallest absolute Gasteiger partial charge is 0.256 e. The fourth-order valence-electron chi connectivity index (χ4n) is 4.46. The van der Waals surface area contributed by atoms with E-state index in [1.807, 2.05) is 30.6 Å². The molecule has 0 bridgehead atoms. The molecule has 1 aromatic heterocycles. The first kappa shape index (κ1) is 19.1. The van der Waals surface area contributed by atoms with E-state index in [4.69, 9.17) is 4.74 Å². The minimum atomic E-state index is -0.0840. The number of fused-ring (bicyclic) bond motifs is 1. The molecule has 156 valence electrons. The van der Waals surface area contributed by atoms with Gasteiger partial charge in [-0.2, -0.15) is 0 Å². The number of carbonyl (C=O) groups excluding carboxylic acids is 2. The molecule has 2 fully saturated rings. The highest BCUT2D eigenvalue weighted by molar-refractivity contribution is 6.35. The first-order valence-corrected chi connectivity index (χ1v) is 10.6. The highest BCUT2D eigenvalue weighted by atomic mass is 16.5. The van der Waals surface area contributed by atoms with E-state index in [1.165, 1.54) is 5.56 Å². The van der Waals surface area contributed by atoms with Gasteiger partial charge < -0.3 is 20.4 Å². The Balaban J connectivity index is 1.40. The number of nitrogens with zero attached hydrogens (tertiary/aromatic N) is 1. The Morgan fingerprint density at radius 2 is 2.03 bits per heavy atom. The Morgan fingerprint density at radius 1 is 1.17 bits per heavy atom. The Bertz CT molecular complexity index is 1000. The van der Waals surface area contributed by atoms with Gasteiger partial charge in [-0.15, -0.1) is 0 Å². The molecule has 0 aliphatic carbocycles. The molecule has 0 radical (unpaired) electrons. The number of aromatic nitrogens is 1.